The molecule has 2 rings (SSSR count). The first-order valence-corrected chi connectivity index (χ1v) is 7.20. The number of hydrogen-bond donors (Lipinski definition) is 1. The standard InChI is InChI=1S/C17H15F2N3O3/c1-22(13-5-3-2-4-6-13)17(24)11-25-20-10-16(23)21-15-8-7-12(18)9-14(15)19/h2-10H,11H2,1H3,(H,21,23)/b20-10+. The Bertz CT molecular complexity index is 782. The molecule has 0 atom stereocenters. The number of benzene rings is 2. The van der Waals surface area contributed by atoms with Crippen LogP contribution in [0, 0.1) is 11.6 Å². The molecule has 0 fully saturated rings. The number of rotatable bonds is 6. The molecule has 0 aromatic heterocycles. The molecule has 2 amide bonds. The van der Waals surface area contributed by atoms with E-state index >= 15 is 0 Å². The number of amides is 2. The van der Waals surface area contributed by atoms with E-state index in [-0.39, 0.29) is 18.2 Å². The fraction of sp³-hybridized carbons (Fsp3) is 0.118. The van der Waals surface area contributed by atoms with Crippen LogP contribution in [0.5, 0.6) is 0 Å². The SMILES string of the molecule is CN(C(=O)CO/N=C/C(=O)Nc1ccc(F)cc1F)c1ccccc1. The van der Waals surface area contributed by atoms with Crippen molar-refractivity contribution in [1.82, 2.24) is 0 Å². The van der Waals surface area contributed by atoms with Gasteiger partial charge in [-0.15, -0.1) is 0 Å². The second kappa shape index (κ2) is 8.53. The Morgan fingerprint density at radius 2 is 1.92 bits per heavy atom. The van der Waals surface area contributed by atoms with Gasteiger partial charge in [0.15, 0.2) is 6.61 Å². The molecule has 6 nitrogen and oxygen atoms in total. The summed E-state index contributed by atoms with van der Waals surface area (Å²) in [6, 6.07) is 11.6. The first-order chi connectivity index (χ1) is 12.0. The summed E-state index contributed by atoms with van der Waals surface area (Å²) in [5, 5.41) is 5.52. The number of carbonyl (C=O) groups is 2. The molecule has 2 aromatic rings. The van der Waals surface area contributed by atoms with Crippen LogP contribution in [0.4, 0.5) is 20.2 Å². The van der Waals surface area contributed by atoms with E-state index in [2.05, 4.69) is 10.5 Å². The zero-order chi connectivity index (χ0) is 18.2. The molecule has 0 radical (unpaired) electrons. The number of halogens is 2. The molecule has 0 spiro atoms. The van der Waals surface area contributed by atoms with Crippen molar-refractivity contribution in [3.8, 4) is 0 Å². The lowest BCUT2D eigenvalue weighted by Crippen LogP contribution is -2.29. The number of hydrogen-bond acceptors (Lipinski definition) is 4. The van der Waals surface area contributed by atoms with Crippen LogP contribution in [-0.2, 0) is 14.4 Å². The van der Waals surface area contributed by atoms with Gasteiger partial charge in [0, 0.05) is 18.8 Å². The summed E-state index contributed by atoms with van der Waals surface area (Å²) in [5.41, 5.74) is 0.488. The highest BCUT2D eigenvalue weighted by molar-refractivity contribution is 6.31. The summed E-state index contributed by atoms with van der Waals surface area (Å²) in [4.78, 5) is 29.6. The van der Waals surface area contributed by atoms with E-state index in [4.69, 9.17) is 4.84 Å². The Labute approximate surface area is 142 Å². The molecule has 0 heterocycles. The molecule has 0 saturated heterocycles. The lowest BCUT2D eigenvalue weighted by Gasteiger charge is -2.16. The van der Waals surface area contributed by atoms with Gasteiger partial charge in [0.25, 0.3) is 11.8 Å². The highest BCUT2D eigenvalue weighted by atomic mass is 19.1. The average Bonchev–Trinajstić information content (AvgIpc) is 2.61. The van der Waals surface area contributed by atoms with E-state index in [1.165, 1.54) is 4.90 Å². The normalized spacial score (nSPS) is 10.5. The van der Waals surface area contributed by atoms with Gasteiger partial charge in [-0.3, -0.25) is 9.59 Å². The third kappa shape index (κ3) is 5.38. The summed E-state index contributed by atoms with van der Waals surface area (Å²) in [6.07, 6.45) is 0.749. The molecule has 8 heteroatoms. The van der Waals surface area contributed by atoms with Crippen molar-refractivity contribution >= 4 is 29.4 Å². The van der Waals surface area contributed by atoms with Crippen LogP contribution in [0.25, 0.3) is 0 Å². The van der Waals surface area contributed by atoms with Gasteiger partial charge >= 0.3 is 0 Å². The molecule has 25 heavy (non-hydrogen) atoms. The summed E-state index contributed by atoms with van der Waals surface area (Å²) >= 11 is 0. The lowest BCUT2D eigenvalue weighted by molar-refractivity contribution is -0.123. The average molecular weight is 347 g/mol. The van der Waals surface area contributed by atoms with Gasteiger partial charge in [0.05, 0.1) is 5.69 Å². The van der Waals surface area contributed by atoms with Crippen LogP contribution in [0.15, 0.2) is 53.7 Å². The van der Waals surface area contributed by atoms with Crippen LogP contribution in [0.1, 0.15) is 0 Å². The number of oxime groups is 1. The monoisotopic (exact) mass is 347 g/mol. The van der Waals surface area contributed by atoms with E-state index in [0.29, 0.717) is 11.8 Å². The summed E-state index contributed by atoms with van der Waals surface area (Å²) in [5.74, 6) is -2.82. The van der Waals surface area contributed by atoms with Gasteiger partial charge in [-0.25, -0.2) is 8.78 Å². The summed E-state index contributed by atoms with van der Waals surface area (Å²) < 4.78 is 26.1. The Morgan fingerprint density at radius 3 is 2.60 bits per heavy atom. The molecule has 0 bridgehead atoms. The van der Waals surface area contributed by atoms with Crippen molar-refractivity contribution in [2.75, 3.05) is 23.9 Å². The number of likely N-dealkylation sites (N-methyl/N-ethyl adjacent to an activating group) is 1. The molecule has 2 aromatic carbocycles. The Balaban J connectivity index is 1.80. The van der Waals surface area contributed by atoms with Crippen molar-refractivity contribution in [3.63, 3.8) is 0 Å². The minimum Gasteiger partial charge on any atom is -0.385 e. The molecule has 0 saturated carbocycles. The number of para-hydroxylation sites is 1. The maximum Gasteiger partial charge on any atom is 0.270 e. The second-order valence-corrected chi connectivity index (χ2v) is 4.91. The first kappa shape index (κ1) is 18.1. The molecular weight excluding hydrogens is 332 g/mol. The number of carbonyl (C=O) groups excluding carboxylic acids is 2. The van der Waals surface area contributed by atoms with Crippen molar-refractivity contribution in [2.45, 2.75) is 0 Å². The topological polar surface area (TPSA) is 71.0 Å². The van der Waals surface area contributed by atoms with Gasteiger partial charge in [-0.2, -0.15) is 0 Å². The van der Waals surface area contributed by atoms with Crippen molar-refractivity contribution in [3.05, 3.63) is 60.2 Å². The number of nitrogens with zero attached hydrogens (tertiary/aromatic N) is 2. The molecule has 0 aliphatic carbocycles. The molecule has 130 valence electrons. The van der Waals surface area contributed by atoms with Crippen LogP contribution < -0.4 is 10.2 Å². The zero-order valence-electron chi connectivity index (χ0n) is 13.3. The van der Waals surface area contributed by atoms with Crippen LogP contribution in [0.2, 0.25) is 0 Å². The quantitative estimate of drug-likeness (QED) is 0.645. The van der Waals surface area contributed by atoms with Crippen molar-refractivity contribution < 1.29 is 23.2 Å². The third-order valence-corrected chi connectivity index (χ3v) is 3.14. The van der Waals surface area contributed by atoms with E-state index in [1.807, 2.05) is 6.07 Å². The van der Waals surface area contributed by atoms with Crippen molar-refractivity contribution in [2.24, 2.45) is 5.16 Å². The first-order valence-electron chi connectivity index (χ1n) is 7.20. The van der Waals surface area contributed by atoms with Gasteiger partial charge in [0.2, 0.25) is 0 Å². The predicted octanol–water partition coefficient (Wildman–Crippen LogP) is 2.57. The molecule has 0 aliphatic heterocycles. The second-order valence-electron chi connectivity index (χ2n) is 4.91. The highest BCUT2D eigenvalue weighted by Crippen LogP contribution is 2.14. The minimum absolute atomic E-state index is 0.197. The lowest BCUT2D eigenvalue weighted by atomic mass is 10.3. The minimum atomic E-state index is -0.915. The Hall–Kier alpha value is -3.29. The fourth-order valence-electron chi connectivity index (χ4n) is 1.83. The third-order valence-electron chi connectivity index (χ3n) is 3.14. The molecule has 0 unspecified atom stereocenters. The Kier molecular flexibility index (Phi) is 6.16. The highest BCUT2D eigenvalue weighted by Gasteiger charge is 2.11. The Morgan fingerprint density at radius 1 is 1.20 bits per heavy atom. The number of nitrogens with one attached hydrogen (secondary N) is 1. The molecule has 0 aliphatic rings. The zero-order valence-corrected chi connectivity index (χ0v) is 13.3. The van der Waals surface area contributed by atoms with E-state index in [0.717, 1.165) is 18.3 Å². The van der Waals surface area contributed by atoms with Gasteiger partial charge in [-0.05, 0) is 24.3 Å². The van der Waals surface area contributed by atoms with E-state index in [1.54, 1.807) is 31.3 Å². The largest absolute Gasteiger partial charge is 0.385 e. The van der Waals surface area contributed by atoms with E-state index in [9.17, 15) is 18.4 Å². The van der Waals surface area contributed by atoms with E-state index < -0.39 is 17.5 Å². The van der Waals surface area contributed by atoms with Crippen molar-refractivity contribution in [1.29, 1.82) is 0 Å². The van der Waals surface area contributed by atoms with Crippen LogP contribution in [-0.4, -0.2) is 31.7 Å². The maximum atomic E-state index is 13.4. The predicted molar refractivity (Wildman–Crippen MR) is 89.3 cm³/mol. The van der Waals surface area contributed by atoms with Gasteiger partial charge in [0.1, 0.15) is 17.8 Å². The summed E-state index contributed by atoms with van der Waals surface area (Å²) in [6.45, 7) is -0.375. The van der Waals surface area contributed by atoms with Gasteiger partial charge in [-0.1, -0.05) is 23.4 Å². The fourth-order valence-corrected chi connectivity index (χ4v) is 1.83. The molecule has 1 N–H and O–H groups in total. The molecular formula is C17H15F2N3O3. The maximum absolute atomic E-state index is 13.4. The smallest absolute Gasteiger partial charge is 0.270 e. The number of anilines is 2. The van der Waals surface area contributed by atoms with Gasteiger partial charge < -0.3 is 15.1 Å². The summed E-state index contributed by atoms with van der Waals surface area (Å²) in [7, 11) is 1.58. The van der Waals surface area contributed by atoms with Crippen LogP contribution in [0.3, 0.4) is 0 Å². The van der Waals surface area contributed by atoms with Crippen LogP contribution >= 0.6 is 0 Å².